The number of halogens is 1. The van der Waals surface area contributed by atoms with Gasteiger partial charge in [-0.1, -0.05) is 12.1 Å². The molecule has 0 aliphatic carbocycles. The number of H-pyrrole nitrogens is 1. The predicted octanol–water partition coefficient (Wildman–Crippen LogP) is 1.45. The highest BCUT2D eigenvalue weighted by Crippen LogP contribution is 2.23. The number of imidazole rings is 1. The van der Waals surface area contributed by atoms with Crippen LogP contribution in [0.1, 0.15) is 17.8 Å². The van der Waals surface area contributed by atoms with Gasteiger partial charge in [0, 0.05) is 38.0 Å². The number of amides is 1. The summed E-state index contributed by atoms with van der Waals surface area (Å²) in [6, 6.07) is 6.39. The number of nitrogens with zero attached hydrogens (tertiary/aromatic N) is 2. The Labute approximate surface area is 122 Å². The molecular formula is C15H17FN4O. The number of nitrogens with one attached hydrogen (secondary N) is 1. The molecule has 3 N–H and O–H groups in total. The summed E-state index contributed by atoms with van der Waals surface area (Å²) in [5, 5.41) is 0. The van der Waals surface area contributed by atoms with Gasteiger partial charge in [0.2, 0.25) is 5.91 Å². The zero-order valence-electron chi connectivity index (χ0n) is 11.6. The topological polar surface area (TPSA) is 75.0 Å². The molecule has 110 valence electrons. The lowest BCUT2D eigenvalue weighted by atomic mass is 10.1. The zero-order valence-corrected chi connectivity index (χ0v) is 11.6. The van der Waals surface area contributed by atoms with Gasteiger partial charge in [-0.25, -0.2) is 9.37 Å². The third-order valence-corrected chi connectivity index (χ3v) is 3.68. The van der Waals surface area contributed by atoms with E-state index in [1.807, 2.05) is 6.07 Å². The number of carbonyl (C=O) groups is 1. The van der Waals surface area contributed by atoms with Crippen LogP contribution in [0, 0.1) is 5.82 Å². The lowest BCUT2D eigenvalue weighted by Crippen LogP contribution is -2.33. The van der Waals surface area contributed by atoms with E-state index in [1.165, 1.54) is 12.1 Å². The van der Waals surface area contributed by atoms with Crippen molar-refractivity contribution in [3.05, 3.63) is 41.5 Å². The number of benzene rings is 1. The van der Waals surface area contributed by atoms with Crippen molar-refractivity contribution < 1.29 is 9.18 Å². The molecule has 0 saturated carbocycles. The van der Waals surface area contributed by atoms with Crippen molar-refractivity contribution >= 4 is 5.91 Å². The Morgan fingerprint density at radius 2 is 2.33 bits per heavy atom. The summed E-state index contributed by atoms with van der Waals surface area (Å²) in [4.78, 5) is 20.8. The minimum Gasteiger partial charge on any atom is -0.370 e. The second-order valence-corrected chi connectivity index (χ2v) is 5.26. The lowest BCUT2D eigenvalue weighted by molar-refractivity contribution is -0.118. The fourth-order valence-electron chi connectivity index (χ4n) is 2.58. The number of rotatable bonds is 4. The summed E-state index contributed by atoms with van der Waals surface area (Å²) >= 11 is 0. The van der Waals surface area contributed by atoms with Crippen LogP contribution in [0.5, 0.6) is 0 Å². The molecule has 0 radical (unpaired) electrons. The highest BCUT2D eigenvalue weighted by Gasteiger charge is 2.20. The van der Waals surface area contributed by atoms with Crippen molar-refractivity contribution in [2.75, 3.05) is 13.1 Å². The molecule has 1 aliphatic heterocycles. The van der Waals surface area contributed by atoms with E-state index >= 15 is 0 Å². The summed E-state index contributed by atoms with van der Waals surface area (Å²) in [6.45, 7) is 2.22. The largest absolute Gasteiger partial charge is 0.370 e. The van der Waals surface area contributed by atoms with Crippen molar-refractivity contribution in [3.63, 3.8) is 0 Å². The molecule has 0 atom stereocenters. The Kier molecular flexibility index (Phi) is 3.70. The van der Waals surface area contributed by atoms with Gasteiger partial charge in [-0.15, -0.1) is 0 Å². The van der Waals surface area contributed by atoms with Crippen LogP contribution in [-0.4, -0.2) is 33.9 Å². The number of hydrogen-bond donors (Lipinski definition) is 2. The number of aromatic amines is 1. The van der Waals surface area contributed by atoms with E-state index in [9.17, 15) is 9.18 Å². The Morgan fingerprint density at radius 1 is 1.48 bits per heavy atom. The van der Waals surface area contributed by atoms with E-state index in [-0.39, 0.29) is 11.7 Å². The van der Waals surface area contributed by atoms with Crippen LogP contribution in [0.25, 0.3) is 11.4 Å². The zero-order chi connectivity index (χ0) is 14.8. The monoisotopic (exact) mass is 288 g/mol. The number of aromatic nitrogens is 2. The third kappa shape index (κ3) is 3.11. The van der Waals surface area contributed by atoms with Crippen LogP contribution in [0.2, 0.25) is 0 Å². The van der Waals surface area contributed by atoms with E-state index in [2.05, 4.69) is 14.9 Å². The Balaban J connectivity index is 1.77. The summed E-state index contributed by atoms with van der Waals surface area (Å²) in [5.41, 5.74) is 7.97. The maximum atomic E-state index is 13.3. The summed E-state index contributed by atoms with van der Waals surface area (Å²) in [5.74, 6) is 0.132. The molecule has 0 saturated heterocycles. The minimum absolute atomic E-state index is 0.273. The van der Waals surface area contributed by atoms with Crippen LogP contribution in [0.4, 0.5) is 4.39 Å². The highest BCUT2D eigenvalue weighted by molar-refractivity contribution is 5.73. The Bertz CT molecular complexity index is 667. The number of carbonyl (C=O) groups excluding carboxylic acids is 1. The van der Waals surface area contributed by atoms with Gasteiger partial charge >= 0.3 is 0 Å². The highest BCUT2D eigenvalue weighted by atomic mass is 19.1. The van der Waals surface area contributed by atoms with Gasteiger partial charge in [-0.05, 0) is 12.1 Å². The van der Waals surface area contributed by atoms with Gasteiger partial charge in [-0.3, -0.25) is 9.69 Å². The van der Waals surface area contributed by atoms with E-state index in [0.717, 1.165) is 29.9 Å². The molecule has 0 bridgehead atoms. The van der Waals surface area contributed by atoms with E-state index in [0.29, 0.717) is 25.3 Å². The van der Waals surface area contributed by atoms with E-state index < -0.39 is 0 Å². The van der Waals surface area contributed by atoms with Crippen molar-refractivity contribution in [1.82, 2.24) is 14.9 Å². The molecule has 2 aromatic rings. The summed E-state index contributed by atoms with van der Waals surface area (Å²) in [7, 11) is 0. The number of hydrogen-bond acceptors (Lipinski definition) is 3. The molecule has 0 spiro atoms. The van der Waals surface area contributed by atoms with Gasteiger partial charge in [-0.2, -0.15) is 0 Å². The minimum atomic E-state index is -0.286. The van der Waals surface area contributed by atoms with E-state index in [4.69, 9.17) is 5.73 Å². The maximum Gasteiger partial charge on any atom is 0.218 e. The standard InChI is InChI=1S/C15H17FN4O/c16-11-3-1-2-10(8-11)15-18-12-4-6-20(7-5-14(17)21)9-13(12)19-15/h1-3,8H,4-7,9H2,(H2,17,21)(H,18,19). The molecule has 21 heavy (non-hydrogen) atoms. The summed E-state index contributed by atoms with van der Waals surface area (Å²) in [6.07, 6.45) is 1.18. The number of fused-ring (bicyclic) bond motifs is 1. The average molecular weight is 288 g/mol. The number of nitrogens with two attached hydrogens (primary N) is 1. The van der Waals surface area contributed by atoms with Crippen molar-refractivity contribution in [3.8, 4) is 11.4 Å². The summed E-state index contributed by atoms with van der Waals surface area (Å²) < 4.78 is 13.3. The fraction of sp³-hybridized carbons (Fsp3) is 0.333. The Morgan fingerprint density at radius 3 is 3.10 bits per heavy atom. The predicted molar refractivity (Wildman–Crippen MR) is 76.8 cm³/mol. The van der Waals surface area contributed by atoms with Gasteiger partial charge in [0.1, 0.15) is 11.6 Å². The first-order valence-corrected chi connectivity index (χ1v) is 6.96. The van der Waals surface area contributed by atoms with Crippen LogP contribution in [-0.2, 0) is 17.8 Å². The molecule has 0 unspecified atom stereocenters. The van der Waals surface area contributed by atoms with Crippen molar-refractivity contribution in [2.24, 2.45) is 5.73 Å². The number of primary amides is 1. The third-order valence-electron chi connectivity index (χ3n) is 3.68. The Hall–Kier alpha value is -2.21. The van der Waals surface area contributed by atoms with Gasteiger partial charge in [0.05, 0.1) is 11.4 Å². The first kappa shape index (κ1) is 13.8. The van der Waals surface area contributed by atoms with Crippen LogP contribution >= 0.6 is 0 Å². The molecule has 0 fully saturated rings. The lowest BCUT2D eigenvalue weighted by Gasteiger charge is -2.25. The van der Waals surface area contributed by atoms with Crippen LogP contribution < -0.4 is 5.73 Å². The molecule has 1 aliphatic rings. The smallest absolute Gasteiger partial charge is 0.218 e. The average Bonchev–Trinajstić information content (AvgIpc) is 2.88. The second kappa shape index (κ2) is 5.65. The van der Waals surface area contributed by atoms with Crippen molar-refractivity contribution in [1.29, 1.82) is 0 Å². The molecule has 1 aromatic carbocycles. The second-order valence-electron chi connectivity index (χ2n) is 5.26. The fourth-order valence-corrected chi connectivity index (χ4v) is 2.58. The quantitative estimate of drug-likeness (QED) is 0.894. The molecule has 6 heteroatoms. The van der Waals surface area contributed by atoms with Crippen molar-refractivity contribution in [2.45, 2.75) is 19.4 Å². The van der Waals surface area contributed by atoms with Crippen LogP contribution in [0.15, 0.2) is 24.3 Å². The maximum absolute atomic E-state index is 13.3. The van der Waals surface area contributed by atoms with E-state index in [1.54, 1.807) is 6.07 Å². The normalized spacial score (nSPS) is 14.9. The first-order chi connectivity index (χ1) is 10.1. The van der Waals surface area contributed by atoms with Gasteiger partial charge in [0.25, 0.3) is 0 Å². The van der Waals surface area contributed by atoms with Gasteiger partial charge in [0.15, 0.2) is 0 Å². The SMILES string of the molecule is NC(=O)CCN1CCc2nc(-c3cccc(F)c3)[nH]c2C1. The molecule has 2 heterocycles. The van der Waals surface area contributed by atoms with Gasteiger partial charge < -0.3 is 10.7 Å². The molecule has 1 amide bonds. The molecule has 1 aromatic heterocycles. The van der Waals surface area contributed by atoms with Crippen LogP contribution in [0.3, 0.4) is 0 Å². The molecule has 5 nitrogen and oxygen atoms in total. The molecular weight excluding hydrogens is 271 g/mol. The molecule has 3 rings (SSSR count). The first-order valence-electron chi connectivity index (χ1n) is 6.96.